The molecule has 7 heteroatoms. The minimum atomic E-state index is -0.818. The Morgan fingerprint density at radius 1 is 1.33 bits per heavy atom. The van der Waals surface area contributed by atoms with E-state index in [9.17, 15) is 15.0 Å². The zero-order valence-electron chi connectivity index (χ0n) is 11.4. The van der Waals surface area contributed by atoms with E-state index in [1.54, 1.807) is 23.5 Å². The average Bonchev–Trinajstić information content (AvgIpc) is 2.69. The van der Waals surface area contributed by atoms with Crippen LogP contribution in [0.25, 0.3) is 0 Å². The number of ether oxygens (including phenoxy) is 1. The van der Waals surface area contributed by atoms with Gasteiger partial charge in [-0.05, 0) is 24.3 Å². The van der Waals surface area contributed by atoms with Gasteiger partial charge in [-0.2, -0.15) is 0 Å². The Labute approximate surface area is 131 Å². The first-order valence-electron chi connectivity index (χ1n) is 6.72. The van der Waals surface area contributed by atoms with Gasteiger partial charge in [-0.3, -0.25) is 4.79 Å². The van der Waals surface area contributed by atoms with E-state index in [4.69, 9.17) is 4.74 Å². The lowest BCUT2D eigenvalue weighted by Crippen LogP contribution is -2.34. The SMILES string of the molecule is CC(=O)Nc1ccc(S[C@H]2SC[C@@H]3O[C@H]2[C@@H](O)[C@@H]3O)cc1. The van der Waals surface area contributed by atoms with Crippen LogP contribution in [0.3, 0.4) is 0 Å². The summed E-state index contributed by atoms with van der Waals surface area (Å²) in [6.45, 7) is 1.47. The highest BCUT2D eigenvalue weighted by Gasteiger charge is 2.50. The van der Waals surface area contributed by atoms with Gasteiger partial charge in [-0.15, -0.1) is 23.5 Å². The molecule has 2 aliphatic heterocycles. The van der Waals surface area contributed by atoms with Crippen LogP contribution in [0.5, 0.6) is 0 Å². The van der Waals surface area contributed by atoms with Gasteiger partial charge in [-0.25, -0.2) is 0 Å². The largest absolute Gasteiger partial charge is 0.388 e. The lowest BCUT2D eigenvalue weighted by atomic mass is 10.1. The average molecular weight is 327 g/mol. The van der Waals surface area contributed by atoms with Gasteiger partial charge in [0.2, 0.25) is 5.91 Å². The van der Waals surface area contributed by atoms with Crippen molar-refractivity contribution in [3.05, 3.63) is 24.3 Å². The Kier molecular flexibility index (Phi) is 4.46. The van der Waals surface area contributed by atoms with Gasteiger partial charge in [0.25, 0.3) is 0 Å². The first kappa shape index (κ1) is 15.2. The molecule has 1 amide bonds. The van der Waals surface area contributed by atoms with Crippen LogP contribution in [0.4, 0.5) is 5.69 Å². The summed E-state index contributed by atoms with van der Waals surface area (Å²) < 4.78 is 5.74. The van der Waals surface area contributed by atoms with Crippen molar-refractivity contribution in [2.75, 3.05) is 11.1 Å². The van der Waals surface area contributed by atoms with Crippen molar-refractivity contribution in [1.82, 2.24) is 0 Å². The van der Waals surface area contributed by atoms with Gasteiger partial charge >= 0.3 is 0 Å². The van der Waals surface area contributed by atoms with Gasteiger partial charge in [0.05, 0.1) is 10.7 Å². The molecule has 0 radical (unpaired) electrons. The fourth-order valence-electron chi connectivity index (χ4n) is 2.48. The molecule has 5 atom stereocenters. The summed E-state index contributed by atoms with van der Waals surface area (Å²) in [4.78, 5) is 12.0. The molecule has 2 fully saturated rings. The number of fused-ring (bicyclic) bond motifs is 2. The standard InChI is InChI=1S/C14H17NO4S2/c1-7(16)15-8-2-4-9(5-3-8)21-14-13-12(18)11(17)10(19-13)6-20-14/h2-5,10-14,17-18H,6H2,1H3,(H,15,16)/t10-,11+,12-,13-,14+/m0/s1. The second kappa shape index (κ2) is 6.18. The molecule has 2 aliphatic rings. The molecule has 1 aromatic rings. The van der Waals surface area contributed by atoms with Gasteiger partial charge in [-0.1, -0.05) is 0 Å². The summed E-state index contributed by atoms with van der Waals surface area (Å²) in [6.07, 6.45) is -2.20. The van der Waals surface area contributed by atoms with E-state index in [0.717, 1.165) is 10.6 Å². The first-order chi connectivity index (χ1) is 10.0. The molecule has 3 rings (SSSR count). The number of amides is 1. The number of aliphatic hydroxyl groups is 2. The van der Waals surface area contributed by atoms with Crippen LogP contribution in [0, 0.1) is 0 Å². The van der Waals surface area contributed by atoms with Crippen LogP contribution in [0.15, 0.2) is 29.2 Å². The fourth-order valence-corrected chi connectivity index (χ4v) is 5.31. The van der Waals surface area contributed by atoms with Gasteiger partial charge in [0.15, 0.2) is 0 Å². The van der Waals surface area contributed by atoms with Crippen molar-refractivity contribution in [1.29, 1.82) is 0 Å². The number of rotatable bonds is 3. The van der Waals surface area contributed by atoms with E-state index < -0.39 is 12.2 Å². The number of benzene rings is 1. The Morgan fingerprint density at radius 2 is 2.05 bits per heavy atom. The van der Waals surface area contributed by atoms with Crippen molar-refractivity contribution in [3.8, 4) is 0 Å². The Morgan fingerprint density at radius 3 is 2.71 bits per heavy atom. The number of carbonyl (C=O) groups is 1. The third-order valence-electron chi connectivity index (χ3n) is 3.52. The third-order valence-corrected chi connectivity index (χ3v) is 6.38. The Hall–Kier alpha value is -0.730. The molecule has 1 aromatic carbocycles. The maximum atomic E-state index is 11.0. The molecule has 114 valence electrons. The predicted octanol–water partition coefficient (Wildman–Crippen LogP) is 1.30. The molecule has 0 aromatic heterocycles. The first-order valence-corrected chi connectivity index (χ1v) is 8.65. The van der Waals surface area contributed by atoms with E-state index in [0.29, 0.717) is 5.75 Å². The lowest BCUT2D eigenvalue weighted by Gasteiger charge is -2.28. The summed E-state index contributed by atoms with van der Waals surface area (Å²) >= 11 is 3.32. The van der Waals surface area contributed by atoms with Crippen molar-refractivity contribution < 1.29 is 19.7 Å². The fraction of sp³-hybridized carbons (Fsp3) is 0.500. The number of anilines is 1. The van der Waals surface area contributed by atoms with Gasteiger partial charge in [0.1, 0.15) is 18.3 Å². The van der Waals surface area contributed by atoms with Crippen LogP contribution < -0.4 is 5.32 Å². The Balaban J connectivity index is 1.65. The summed E-state index contributed by atoms with van der Waals surface area (Å²) in [6, 6.07) is 7.56. The van der Waals surface area contributed by atoms with Crippen LogP contribution in [-0.2, 0) is 9.53 Å². The normalized spacial score (nSPS) is 34.7. The molecular formula is C14H17NO4S2. The number of nitrogens with one attached hydrogen (secondary N) is 1. The maximum absolute atomic E-state index is 11.0. The number of hydrogen-bond donors (Lipinski definition) is 3. The molecule has 0 saturated carbocycles. The van der Waals surface area contributed by atoms with E-state index in [2.05, 4.69) is 5.32 Å². The summed E-state index contributed by atoms with van der Waals surface area (Å²) in [5.41, 5.74) is 0.760. The summed E-state index contributed by atoms with van der Waals surface area (Å²) in [5, 5.41) is 22.6. The molecule has 3 N–H and O–H groups in total. The van der Waals surface area contributed by atoms with Crippen LogP contribution in [-0.4, -0.2) is 50.9 Å². The second-order valence-corrected chi connectivity index (χ2v) is 7.83. The van der Waals surface area contributed by atoms with E-state index >= 15 is 0 Å². The van der Waals surface area contributed by atoms with E-state index in [-0.39, 0.29) is 22.7 Å². The van der Waals surface area contributed by atoms with Crippen LogP contribution in [0.1, 0.15) is 6.92 Å². The smallest absolute Gasteiger partial charge is 0.221 e. The highest BCUT2D eigenvalue weighted by atomic mass is 32.2. The van der Waals surface area contributed by atoms with Crippen molar-refractivity contribution in [2.45, 2.75) is 40.8 Å². The zero-order chi connectivity index (χ0) is 15.0. The quantitative estimate of drug-likeness (QED) is 0.777. The maximum Gasteiger partial charge on any atom is 0.221 e. The highest BCUT2D eigenvalue weighted by Crippen LogP contribution is 2.44. The van der Waals surface area contributed by atoms with Crippen molar-refractivity contribution >= 4 is 35.1 Å². The molecular weight excluding hydrogens is 310 g/mol. The van der Waals surface area contributed by atoms with E-state index in [1.807, 2.05) is 24.3 Å². The molecule has 0 spiro atoms. The van der Waals surface area contributed by atoms with Crippen LogP contribution >= 0.6 is 23.5 Å². The summed E-state index contributed by atoms with van der Waals surface area (Å²) in [5.74, 6) is 0.594. The topological polar surface area (TPSA) is 78.8 Å². The molecule has 2 bridgehead atoms. The minimum absolute atomic E-state index is 0.0556. The number of carbonyl (C=O) groups excluding carboxylic acids is 1. The third kappa shape index (κ3) is 3.22. The predicted molar refractivity (Wildman–Crippen MR) is 83.5 cm³/mol. The van der Waals surface area contributed by atoms with Crippen molar-refractivity contribution in [3.63, 3.8) is 0 Å². The molecule has 2 heterocycles. The van der Waals surface area contributed by atoms with E-state index in [1.165, 1.54) is 6.92 Å². The lowest BCUT2D eigenvalue weighted by molar-refractivity contribution is -0.114. The molecule has 21 heavy (non-hydrogen) atoms. The molecule has 2 saturated heterocycles. The molecule has 0 aliphatic carbocycles. The molecule has 0 unspecified atom stereocenters. The number of thioether (sulfide) groups is 2. The van der Waals surface area contributed by atoms with Gasteiger partial charge < -0.3 is 20.3 Å². The summed E-state index contributed by atoms with van der Waals surface area (Å²) in [7, 11) is 0. The molecule has 5 nitrogen and oxygen atoms in total. The van der Waals surface area contributed by atoms with Crippen molar-refractivity contribution in [2.24, 2.45) is 0 Å². The number of aliphatic hydroxyl groups excluding tert-OH is 2. The minimum Gasteiger partial charge on any atom is -0.388 e. The zero-order valence-corrected chi connectivity index (χ0v) is 13.1. The second-order valence-electron chi connectivity index (χ2n) is 5.15. The highest BCUT2D eigenvalue weighted by molar-refractivity contribution is 8.17. The Bertz CT molecular complexity index is 524. The van der Waals surface area contributed by atoms with Crippen LogP contribution in [0.2, 0.25) is 0 Å². The monoisotopic (exact) mass is 327 g/mol. The van der Waals surface area contributed by atoms with Gasteiger partial charge in [0, 0.05) is 23.3 Å². The number of hydrogen-bond acceptors (Lipinski definition) is 6.